The van der Waals surface area contributed by atoms with Gasteiger partial charge in [-0.1, -0.05) is 30.3 Å². The van der Waals surface area contributed by atoms with E-state index in [1.54, 1.807) is 31.2 Å². The first-order chi connectivity index (χ1) is 17.1. The summed E-state index contributed by atoms with van der Waals surface area (Å²) in [4.78, 5) is 25.0. The van der Waals surface area contributed by atoms with Gasteiger partial charge in [0, 0.05) is 16.9 Å². The number of esters is 1. The summed E-state index contributed by atoms with van der Waals surface area (Å²) in [6.07, 6.45) is 3.90. The van der Waals surface area contributed by atoms with Crippen LogP contribution in [0.15, 0.2) is 72.8 Å². The molecule has 2 saturated carbocycles. The van der Waals surface area contributed by atoms with Gasteiger partial charge >= 0.3 is 5.97 Å². The van der Waals surface area contributed by atoms with Crippen molar-refractivity contribution in [2.75, 3.05) is 17.2 Å². The normalized spacial score (nSPS) is 25.8. The molecule has 0 aromatic heterocycles. The maximum absolute atomic E-state index is 13.1. The van der Waals surface area contributed by atoms with E-state index in [0.717, 1.165) is 11.6 Å². The molecule has 0 unspecified atom stereocenters. The Morgan fingerprint density at radius 1 is 0.943 bits per heavy atom. The molecular weight excluding hydrogens is 436 g/mol. The van der Waals surface area contributed by atoms with Gasteiger partial charge in [-0.05, 0) is 103 Å². The number of anilines is 2. The fourth-order valence-electron chi connectivity index (χ4n) is 6.72. The largest absolute Gasteiger partial charge is 0.462 e. The van der Waals surface area contributed by atoms with Crippen LogP contribution in [-0.4, -0.2) is 18.5 Å². The quantitative estimate of drug-likeness (QED) is 0.426. The highest BCUT2D eigenvalue weighted by atomic mass is 16.5. The first kappa shape index (κ1) is 21.9. The van der Waals surface area contributed by atoms with E-state index in [-0.39, 0.29) is 11.9 Å². The van der Waals surface area contributed by atoms with Gasteiger partial charge in [-0.25, -0.2) is 4.79 Å². The van der Waals surface area contributed by atoms with Crippen LogP contribution < -0.4 is 10.6 Å². The third-order valence-corrected chi connectivity index (χ3v) is 8.16. The number of carbonyl (C=O) groups is 2. The van der Waals surface area contributed by atoms with E-state index in [1.165, 1.54) is 30.4 Å². The van der Waals surface area contributed by atoms with E-state index in [4.69, 9.17) is 4.74 Å². The first-order valence-corrected chi connectivity index (χ1v) is 12.7. The summed E-state index contributed by atoms with van der Waals surface area (Å²) in [7, 11) is 0. The number of rotatable bonds is 5. The Bertz CT molecular complexity index is 1250. The van der Waals surface area contributed by atoms with Crippen molar-refractivity contribution in [3.63, 3.8) is 0 Å². The molecule has 0 radical (unpaired) electrons. The van der Waals surface area contributed by atoms with E-state index in [2.05, 4.69) is 53.1 Å². The fraction of sp³-hybridized carbons (Fsp3) is 0.333. The van der Waals surface area contributed by atoms with Crippen molar-refractivity contribution < 1.29 is 14.3 Å². The van der Waals surface area contributed by atoms with Crippen LogP contribution in [0, 0.1) is 17.8 Å². The highest BCUT2D eigenvalue weighted by molar-refractivity contribution is 6.05. The third-order valence-electron chi connectivity index (χ3n) is 8.16. The predicted molar refractivity (Wildman–Crippen MR) is 137 cm³/mol. The van der Waals surface area contributed by atoms with Crippen molar-refractivity contribution in [2.45, 2.75) is 38.1 Å². The monoisotopic (exact) mass is 466 g/mol. The number of ether oxygens (including phenoxy) is 1. The molecule has 5 heteroatoms. The summed E-state index contributed by atoms with van der Waals surface area (Å²) >= 11 is 0. The molecule has 178 valence electrons. The topological polar surface area (TPSA) is 67.4 Å². The fourth-order valence-corrected chi connectivity index (χ4v) is 6.72. The predicted octanol–water partition coefficient (Wildman–Crippen LogP) is 6.41. The molecule has 3 aliphatic rings. The van der Waals surface area contributed by atoms with Crippen LogP contribution in [0.5, 0.6) is 0 Å². The molecule has 1 amide bonds. The second kappa shape index (κ2) is 8.88. The van der Waals surface area contributed by atoms with E-state index >= 15 is 0 Å². The molecule has 6 rings (SSSR count). The van der Waals surface area contributed by atoms with Gasteiger partial charge in [0.15, 0.2) is 0 Å². The Kier molecular flexibility index (Phi) is 5.56. The van der Waals surface area contributed by atoms with Crippen LogP contribution in [0.3, 0.4) is 0 Å². The van der Waals surface area contributed by atoms with E-state index < -0.39 is 0 Å². The van der Waals surface area contributed by atoms with E-state index in [9.17, 15) is 9.59 Å². The molecule has 2 fully saturated rings. The summed E-state index contributed by atoms with van der Waals surface area (Å²) in [5.74, 6) is 2.00. The van der Waals surface area contributed by atoms with Crippen LogP contribution in [0.1, 0.15) is 70.0 Å². The number of fused-ring (bicyclic) bond motifs is 7. The molecule has 35 heavy (non-hydrogen) atoms. The second-order valence-electron chi connectivity index (χ2n) is 10.0. The third kappa shape index (κ3) is 3.89. The zero-order valence-electron chi connectivity index (χ0n) is 19.9. The van der Waals surface area contributed by atoms with Gasteiger partial charge in [0.1, 0.15) is 0 Å². The van der Waals surface area contributed by atoms with Crippen molar-refractivity contribution in [1.82, 2.24) is 0 Å². The zero-order chi connectivity index (χ0) is 23.9. The molecule has 0 saturated heterocycles. The van der Waals surface area contributed by atoms with Gasteiger partial charge in [-0.3, -0.25) is 4.79 Å². The zero-order valence-corrected chi connectivity index (χ0v) is 19.9. The second-order valence-corrected chi connectivity index (χ2v) is 10.0. The molecular formula is C30H30N2O3. The summed E-state index contributed by atoms with van der Waals surface area (Å²) < 4.78 is 5.03. The van der Waals surface area contributed by atoms with Crippen molar-refractivity contribution in [3.05, 3.63) is 95.1 Å². The van der Waals surface area contributed by atoms with Crippen molar-refractivity contribution in [3.8, 4) is 0 Å². The summed E-state index contributed by atoms with van der Waals surface area (Å²) in [5.41, 5.74) is 5.59. The molecule has 2 aliphatic carbocycles. The molecule has 1 heterocycles. The minimum atomic E-state index is -0.359. The van der Waals surface area contributed by atoms with Gasteiger partial charge in [-0.2, -0.15) is 0 Å². The Balaban J connectivity index is 1.26. The number of benzene rings is 3. The lowest BCUT2D eigenvalue weighted by Crippen LogP contribution is -2.35. The molecule has 5 atom stereocenters. The molecule has 1 aliphatic heterocycles. The van der Waals surface area contributed by atoms with Crippen molar-refractivity contribution in [1.29, 1.82) is 0 Å². The molecule has 2 bridgehead atoms. The minimum absolute atomic E-state index is 0.137. The number of hydrogen-bond donors (Lipinski definition) is 2. The van der Waals surface area contributed by atoms with Crippen LogP contribution in [0.25, 0.3) is 0 Å². The van der Waals surface area contributed by atoms with Gasteiger partial charge in [0.05, 0.1) is 18.2 Å². The smallest absolute Gasteiger partial charge is 0.338 e. The lowest BCUT2D eigenvalue weighted by atomic mass is 9.68. The number of hydrogen-bond acceptors (Lipinski definition) is 4. The van der Waals surface area contributed by atoms with Crippen LogP contribution in [-0.2, 0) is 4.74 Å². The molecule has 3 aromatic rings. The van der Waals surface area contributed by atoms with Crippen molar-refractivity contribution >= 4 is 23.3 Å². The Hall–Kier alpha value is -3.60. The summed E-state index contributed by atoms with van der Waals surface area (Å²) in [6.45, 7) is 2.11. The van der Waals surface area contributed by atoms with Gasteiger partial charge in [0.2, 0.25) is 0 Å². The first-order valence-electron chi connectivity index (χ1n) is 12.7. The molecule has 5 nitrogen and oxygen atoms in total. The highest BCUT2D eigenvalue weighted by Gasteiger charge is 2.53. The average molecular weight is 467 g/mol. The van der Waals surface area contributed by atoms with Gasteiger partial charge in [0.25, 0.3) is 5.91 Å². The van der Waals surface area contributed by atoms with E-state index in [1.807, 2.05) is 6.07 Å². The van der Waals surface area contributed by atoms with Crippen LogP contribution >= 0.6 is 0 Å². The summed E-state index contributed by atoms with van der Waals surface area (Å²) in [5, 5.41) is 6.82. The van der Waals surface area contributed by atoms with Crippen LogP contribution in [0.4, 0.5) is 11.4 Å². The number of amides is 1. The molecule has 2 N–H and O–H groups in total. The van der Waals surface area contributed by atoms with Gasteiger partial charge < -0.3 is 15.4 Å². The molecule has 3 aromatic carbocycles. The maximum atomic E-state index is 13.1. The number of nitrogens with one attached hydrogen (secondary N) is 2. The summed E-state index contributed by atoms with van der Waals surface area (Å²) in [6, 6.07) is 24.0. The van der Waals surface area contributed by atoms with Crippen LogP contribution in [0.2, 0.25) is 0 Å². The Labute approximate surface area is 205 Å². The minimum Gasteiger partial charge on any atom is -0.462 e. The molecule has 0 spiro atoms. The Morgan fingerprint density at radius 2 is 1.69 bits per heavy atom. The van der Waals surface area contributed by atoms with Crippen molar-refractivity contribution in [2.24, 2.45) is 17.8 Å². The lowest BCUT2D eigenvalue weighted by molar-refractivity contribution is 0.0526. The van der Waals surface area contributed by atoms with E-state index in [0.29, 0.717) is 47.2 Å². The number of carbonyl (C=O) groups excluding carboxylic acids is 2. The standard InChI is InChI=1S/C30H30N2O3/c1-2-35-30(34)19-10-13-23(14-11-19)31-29(33)22-12-15-25-24(17-22)26-20-8-9-21(16-20)27(26)28(32-25)18-6-4-3-5-7-18/h3-7,10-15,17,20-21,26-28,32H,2,8-9,16H2,1H3,(H,31,33)/t20-,21-,26-,27-,28-/m0/s1. The average Bonchev–Trinajstić information content (AvgIpc) is 3.52. The lowest BCUT2D eigenvalue weighted by Gasteiger charge is -2.43. The maximum Gasteiger partial charge on any atom is 0.338 e. The highest BCUT2D eigenvalue weighted by Crippen LogP contribution is 2.63. The SMILES string of the molecule is CCOC(=O)c1ccc(NC(=O)c2ccc3c(c2)[C@@H]2[C@H]4CC[C@@H](C4)[C@@H]2[C@H](c2ccccc2)N3)cc1. The van der Waals surface area contributed by atoms with Gasteiger partial charge in [-0.15, -0.1) is 0 Å². The Morgan fingerprint density at radius 3 is 2.46 bits per heavy atom.